The van der Waals surface area contributed by atoms with Crippen LogP contribution in [0.3, 0.4) is 0 Å². The number of aliphatic hydroxyl groups excluding tert-OH is 1. The molecule has 1 saturated heterocycles. The highest BCUT2D eigenvalue weighted by atomic mass is 31.2. The SMILES string of the molecule is CO[C@@H]1[C@H](OC(C)C)[C@@H](/C=C/P(=O)(O)CO)O[C@H]1C. The van der Waals surface area contributed by atoms with E-state index in [2.05, 4.69) is 0 Å². The first-order valence-corrected chi connectivity index (χ1v) is 8.17. The third-order valence-corrected chi connectivity index (χ3v) is 3.94. The molecule has 0 spiro atoms. The predicted octanol–water partition coefficient (Wildman–Crippen LogP) is 1.32. The van der Waals surface area contributed by atoms with Crippen LogP contribution < -0.4 is 0 Å². The van der Waals surface area contributed by atoms with Crippen LogP contribution in [0.25, 0.3) is 0 Å². The van der Waals surface area contributed by atoms with Crippen molar-refractivity contribution in [3.63, 3.8) is 0 Å². The summed E-state index contributed by atoms with van der Waals surface area (Å²) in [5.74, 6) is 1.10. The number of methoxy groups -OCH3 is 1. The fourth-order valence-electron chi connectivity index (χ4n) is 2.07. The van der Waals surface area contributed by atoms with Gasteiger partial charge in [0, 0.05) is 12.9 Å². The average Bonchev–Trinajstić information content (AvgIpc) is 2.62. The van der Waals surface area contributed by atoms with Gasteiger partial charge in [-0.1, -0.05) is 0 Å². The molecule has 5 atom stereocenters. The molecule has 0 aromatic carbocycles. The molecule has 1 heterocycles. The number of hydrogen-bond acceptors (Lipinski definition) is 5. The lowest BCUT2D eigenvalue weighted by Gasteiger charge is -2.23. The highest BCUT2D eigenvalue weighted by Gasteiger charge is 2.43. The van der Waals surface area contributed by atoms with E-state index in [-0.39, 0.29) is 24.4 Å². The topological polar surface area (TPSA) is 85.2 Å². The molecule has 0 radical (unpaired) electrons. The Bertz CT molecular complexity index is 356. The molecule has 0 saturated carbocycles. The number of hydrogen-bond donors (Lipinski definition) is 2. The summed E-state index contributed by atoms with van der Waals surface area (Å²) >= 11 is 0. The molecule has 6 nitrogen and oxygen atoms in total. The molecule has 1 rings (SSSR count). The van der Waals surface area contributed by atoms with Gasteiger partial charge in [0.25, 0.3) is 0 Å². The van der Waals surface area contributed by atoms with Gasteiger partial charge in [0.1, 0.15) is 24.7 Å². The molecule has 1 unspecified atom stereocenters. The Morgan fingerprint density at radius 2 is 2.05 bits per heavy atom. The second kappa shape index (κ2) is 6.97. The molecule has 0 amide bonds. The van der Waals surface area contributed by atoms with Gasteiger partial charge in [-0.3, -0.25) is 4.57 Å². The Labute approximate surface area is 113 Å². The molecular formula is C12H23O6P. The molecule has 0 aliphatic carbocycles. The van der Waals surface area contributed by atoms with E-state index < -0.39 is 19.8 Å². The third kappa shape index (κ3) is 4.67. The van der Waals surface area contributed by atoms with Gasteiger partial charge < -0.3 is 24.2 Å². The van der Waals surface area contributed by atoms with E-state index in [1.807, 2.05) is 20.8 Å². The minimum Gasteiger partial charge on any atom is -0.386 e. The molecule has 1 fully saturated rings. The van der Waals surface area contributed by atoms with E-state index in [1.165, 1.54) is 6.08 Å². The van der Waals surface area contributed by atoms with Crippen LogP contribution in [0.1, 0.15) is 20.8 Å². The number of ether oxygens (including phenoxy) is 3. The molecule has 2 N–H and O–H groups in total. The molecule has 19 heavy (non-hydrogen) atoms. The Morgan fingerprint density at radius 3 is 2.53 bits per heavy atom. The van der Waals surface area contributed by atoms with Gasteiger partial charge >= 0.3 is 0 Å². The van der Waals surface area contributed by atoms with Gasteiger partial charge in [0.05, 0.1) is 12.2 Å². The first kappa shape index (κ1) is 16.8. The fraction of sp³-hybridized carbons (Fsp3) is 0.833. The van der Waals surface area contributed by atoms with E-state index >= 15 is 0 Å². The molecule has 0 aromatic heterocycles. The lowest BCUT2D eigenvalue weighted by Crippen LogP contribution is -2.37. The zero-order valence-corrected chi connectivity index (χ0v) is 12.6. The van der Waals surface area contributed by atoms with E-state index in [9.17, 15) is 9.46 Å². The summed E-state index contributed by atoms with van der Waals surface area (Å²) < 4.78 is 28.2. The standard InChI is InChI=1S/C12H23O6P/c1-8(2)17-12-10(5-6-19(14,15)7-13)18-9(3)11(12)16-4/h5-6,8-13H,7H2,1-4H3,(H,14,15)/b6-5+/t9-,10+,11-,12+/m0/s1. The second-order valence-electron chi connectivity index (χ2n) is 4.89. The number of aliphatic hydroxyl groups is 1. The van der Waals surface area contributed by atoms with Crippen LogP contribution in [0.15, 0.2) is 11.9 Å². The van der Waals surface area contributed by atoms with Crippen LogP contribution in [0, 0.1) is 0 Å². The molecule has 7 heteroatoms. The lowest BCUT2D eigenvalue weighted by atomic mass is 10.1. The van der Waals surface area contributed by atoms with Crippen molar-refractivity contribution in [2.45, 2.75) is 51.3 Å². The van der Waals surface area contributed by atoms with E-state index in [4.69, 9.17) is 19.3 Å². The zero-order valence-electron chi connectivity index (χ0n) is 11.7. The van der Waals surface area contributed by atoms with E-state index in [1.54, 1.807) is 7.11 Å². The minimum atomic E-state index is -3.64. The van der Waals surface area contributed by atoms with Crippen LogP contribution in [0.2, 0.25) is 0 Å². The van der Waals surface area contributed by atoms with Crippen LogP contribution in [0.5, 0.6) is 0 Å². The van der Waals surface area contributed by atoms with Gasteiger partial charge in [-0.2, -0.15) is 0 Å². The van der Waals surface area contributed by atoms with Gasteiger partial charge in [0.15, 0.2) is 0 Å². The van der Waals surface area contributed by atoms with Gasteiger partial charge in [-0.25, -0.2) is 0 Å². The largest absolute Gasteiger partial charge is 0.386 e. The fourth-order valence-corrected chi connectivity index (χ4v) is 2.61. The van der Waals surface area contributed by atoms with Gasteiger partial charge in [0.2, 0.25) is 7.37 Å². The zero-order chi connectivity index (χ0) is 14.6. The Morgan fingerprint density at radius 1 is 1.42 bits per heavy atom. The Kier molecular flexibility index (Phi) is 6.17. The molecule has 0 aromatic rings. The quantitative estimate of drug-likeness (QED) is 0.719. The summed E-state index contributed by atoms with van der Waals surface area (Å²) in [7, 11) is -2.05. The highest BCUT2D eigenvalue weighted by molar-refractivity contribution is 7.61. The molecule has 1 aliphatic rings. The Balaban J connectivity index is 2.83. The third-order valence-electron chi connectivity index (χ3n) is 2.89. The smallest absolute Gasteiger partial charge is 0.246 e. The summed E-state index contributed by atoms with van der Waals surface area (Å²) in [5, 5.41) is 8.77. The first-order valence-electron chi connectivity index (χ1n) is 6.26. The van der Waals surface area contributed by atoms with Crippen molar-refractivity contribution in [1.82, 2.24) is 0 Å². The van der Waals surface area contributed by atoms with Crippen molar-refractivity contribution < 1.29 is 28.8 Å². The molecule has 1 aliphatic heterocycles. The monoisotopic (exact) mass is 294 g/mol. The maximum atomic E-state index is 11.4. The molecular weight excluding hydrogens is 271 g/mol. The average molecular weight is 294 g/mol. The Hall–Kier alpha value is -0.230. The summed E-state index contributed by atoms with van der Waals surface area (Å²) in [6.07, 6.45) is -0.523. The van der Waals surface area contributed by atoms with E-state index in [0.29, 0.717) is 0 Å². The lowest BCUT2D eigenvalue weighted by molar-refractivity contribution is -0.0684. The first-order chi connectivity index (χ1) is 8.80. The van der Waals surface area contributed by atoms with Crippen molar-refractivity contribution in [2.24, 2.45) is 0 Å². The van der Waals surface area contributed by atoms with E-state index in [0.717, 1.165) is 5.82 Å². The summed E-state index contributed by atoms with van der Waals surface area (Å²) in [6, 6.07) is 0. The minimum absolute atomic E-state index is 0.00813. The van der Waals surface area contributed by atoms with Crippen molar-refractivity contribution >= 4 is 7.37 Å². The van der Waals surface area contributed by atoms with Crippen LogP contribution in [-0.2, 0) is 18.8 Å². The van der Waals surface area contributed by atoms with Gasteiger partial charge in [-0.15, -0.1) is 0 Å². The summed E-state index contributed by atoms with van der Waals surface area (Å²) in [4.78, 5) is 9.33. The van der Waals surface area contributed by atoms with Crippen molar-refractivity contribution in [3.8, 4) is 0 Å². The molecule has 0 bridgehead atoms. The maximum Gasteiger partial charge on any atom is 0.246 e. The van der Waals surface area contributed by atoms with Gasteiger partial charge in [-0.05, 0) is 26.8 Å². The predicted molar refractivity (Wildman–Crippen MR) is 71.2 cm³/mol. The van der Waals surface area contributed by atoms with Crippen molar-refractivity contribution in [3.05, 3.63) is 11.9 Å². The summed E-state index contributed by atoms with van der Waals surface area (Å²) in [5.41, 5.74) is 0. The van der Waals surface area contributed by atoms with Crippen LogP contribution in [0.4, 0.5) is 0 Å². The van der Waals surface area contributed by atoms with Crippen LogP contribution >= 0.6 is 7.37 Å². The highest BCUT2D eigenvalue weighted by Crippen LogP contribution is 2.41. The second-order valence-corrected chi connectivity index (χ2v) is 6.99. The van der Waals surface area contributed by atoms with Crippen LogP contribution in [-0.4, -0.2) is 54.0 Å². The van der Waals surface area contributed by atoms with Crippen molar-refractivity contribution in [1.29, 1.82) is 0 Å². The maximum absolute atomic E-state index is 11.4. The normalized spacial score (nSPS) is 35.1. The summed E-state index contributed by atoms with van der Waals surface area (Å²) in [6.45, 7) is 5.67. The van der Waals surface area contributed by atoms with Crippen molar-refractivity contribution in [2.75, 3.05) is 13.5 Å². The molecule has 112 valence electrons. The number of rotatable bonds is 6.